The summed E-state index contributed by atoms with van der Waals surface area (Å²) in [7, 11) is -5.49. The summed E-state index contributed by atoms with van der Waals surface area (Å²) in [5, 5.41) is 9.29. The van der Waals surface area contributed by atoms with Crippen LogP contribution in [-0.2, 0) is 10.0 Å². The van der Waals surface area contributed by atoms with E-state index >= 15 is 0 Å². The average Bonchev–Trinajstić information content (AvgIpc) is 2.01. The Labute approximate surface area is 86.5 Å². The van der Waals surface area contributed by atoms with E-state index in [9.17, 15) is 26.7 Å². The SMILES string of the molecule is CCC(C)(C)[C@@H](O)NS(=O)(=O)C(F)(F)F. The molecule has 92 valence electrons. The largest absolute Gasteiger partial charge is 0.511 e. The molecule has 0 aromatic rings. The minimum Gasteiger partial charge on any atom is -0.377 e. The smallest absolute Gasteiger partial charge is 0.377 e. The number of halogens is 3. The number of aliphatic hydroxyl groups is 1. The van der Waals surface area contributed by atoms with Gasteiger partial charge in [0, 0.05) is 5.41 Å². The van der Waals surface area contributed by atoms with Gasteiger partial charge in [-0.3, -0.25) is 0 Å². The van der Waals surface area contributed by atoms with Gasteiger partial charge in [-0.25, -0.2) is 8.42 Å². The number of nitrogens with one attached hydrogen (secondary N) is 1. The Morgan fingerprint density at radius 2 is 1.73 bits per heavy atom. The van der Waals surface area contributed by atoms with Crippen molar-refractivity contribution in [1.82, 2.24) is 4.72 Å². The highest BCUT2D eigenvalue weighted by atomic mass is 32.2. The predicted octanol–water partition coefficient (Wildman–Crippen LogP) is 1.18. The number of alkyl halides is 3. The molecule has 0 aliphatic heterocycles. The molecule has 0 aromatic heterocycles. The Hall–Kier alpha value is -0.340. The van der Waals surface area contributed by atoms with Gasteiger partial charge in [0.05, 0.1) is 0 Å². The zero-order valence-electron chi connectivity index (χ0n) is 8.59. The Morgan fingerprint density at radius 3 is 2.00 bits per heavy atom. The van der Waals surface area contributed by atoms with E-state index < -0.39 is 27.2 Å². The van der Waals surface area contributed by atoms with E-state index in [2.05, 4.69) is 0 Å². The summed E-state index contributed by atoms with van der Waals surface area (Å²) in [5.74, 6) is 0. The predicted molar refractivity (Wildman–Crippen MR) is 48.2 cm³/mol. The summed E-state index contributed by atoms with van der Waals surface area (Å²) in [6.45, 7) is 4.54. The van der Waals surface area contributed by atoms with Crippen LogP contribution in [-0.4, -0.2) is 25.3 Å². The summed E-state index contributed by atoms with van der Waals surface area (Å²) in [4.78, 5) is 0. The van der Waals surface area contributed by atoms with Crippen molar-refractivity contribution < 1.29 is 26.7 Å². The van der Waals surface area contributed by atoms with Crippen molar-refractivity contribution in [2.24, 2.45) is 5.41 Å². The molecule has 0 aliphatic rings. The monoisotopic (exact) mass is 249 g/mol. The second-order valence-electron chi connectivity index (χ2n) is 3.81. The van der Waals surface area contributed by atoms with E-state index in [1.165, 1.54) is 18.6 Å². The topological polar surface area (TPSA) is 66.4 Å². The molecule has 0 rings (SSSR count). The van der Waals surface area contributed by atoms with Crippen molar-refractivity contribution in [3.05, 3.63) is 0 Å². The Morgan fingerprint density at radius 1 is 1.33 bits per heavy atom. The number of hydrogen-bond donors (Lipinski definition) is 2. The van der Waals surface area contributed by atoms with Gasteiger partial charge in [-0.15, -0.1) is 0 Å². The molecule has 0 radical (unpaired) electrons. The fraction of sp³-hybridized carbons (Fsp3) is 1.00. The van der Waals surface area contributed by atoms with E-state index in [4.69, 9.17) is 0 Å². The van der Waals surface area contributed by atoms with Gasteiger partial charge in [-0.2, -0.15) is 17.9 Å². The maximum atomic E-state index is 11.9. The molecule has 15 heavy (non-hydrogen) atoms. The first-order valence-electron chi connectivity index (χ1n) is 4.20. The van der Waals surface area contributed by atoms with E-state index in [0.717, 1.165) is 0 Å². The maximum Gasteiger partial charge on any atom is 0.511 e. The molecule has 8 heteroatoms. The molecular formula is C7H14F3NO3S. The molecule has 2 N–H and O–H groups in total. The molecule has 0 unspecified atom stereocenters. The van der Waals surface area contributed by atoms with Crippen molar-refractivity contribution in [1.29, 1.82) is 0 Å². The van der Waals surface area contributed by atoms with Crippen molar-refractivity contribution >= 4 is 10.0 Å². The summed E-state index contributed by atoms with van der Waals surface area (Å²) >= 11 is 0. The van der Waals surface area contributed by atoms with Crippen LogP contribution < -0.4 is 4.72 Å². The summed E-state index contributed by atoms with van der Waals surface area (Å²) < 4.78 is 58.2. The lowest BCUT2D eigenvalue weighted by Crippen LogP contribution is -2.49. The number of hydrogen-bond acceptors (Lipinski definition) is 3. The first-order chi connectivity index (χ1) is 6.44. The quantitative estimate of drug-likeness (QED) is 0.735. The molecule has 0 heterocycles. The highest BCUT2D eigenvalue weighted by Gasteiger charge is 2.48. The first-order valence-corrected chi connectivity index (χ1v) is 5.69. The van der Waals surface area contributed by atoms with Crippen LogP contribution in [0.1, 0.15) is 27.2 Å². The van der Waals surface area contributed by atoms with Crippen molar-refractivity contribution in [2.45, 2.75) is 38.9 Å². The van der Waals surface area contributed by atoms with E-state index in [1.807, 2.05) is 0 Å². The minimum atomic E-state index is -5.49. The molecule has 0 saturated heterocycles. The fourth-order valence-corrected chi connectivity index (χ4v) is 1.31. The van der Waals surface area contributed by atoms with Crippen LogP contribution in [0.15, 0.2) is 0 Å². The van der Waals surface area contributed by atoms with E-state index in [0.29, 0.717) is 6.42 Å². The van der Waals surface area contributed by atoms with Crippen molar-refractivity contribution in [3.8, 4) is 0 Å². The van der Waals surface area contributed by atoms with Gasteiger partial charge in [0.1, 0.15) is 6.23 Å². The van der Waals surface area contributed by atoms with Gasteiger partial charge in [-0.1, -0.05) is 20.8 Å². The Kier molecular flexibility index (Phi) is 4.17. The van der Waals surface area contributed by atoms with Crippen molar-refractivity contribution in [2.75, 3.05) is 0 Å². The Bertz CT molecular complexity index is 310. The zero-order valence-corrected chi connectivity index (χ0v) is 9.41. The van der Waals surface area contributed by atoms with Crippen LogP contribution in [0, 0.1) is 5.41 Å². The summed E-state index contributed by atoms with van der Waals surface area (Å²) in [6, 6.07) is 0. The van der Waals surface area contributed by atoms with Crippen molar-refractivity contribution in [3.63, 3.8) is 0 Å². The lowest BCUT2D eigenvalue weighted by Gasteiger charge is -2.29. The van der Waals surface area contributed by atoms with Crippen LogP contribution >= 0.6 is 0 Å². The second-order valence-corrected chi connectivity index (χ2v) is 5.52. The van der Waals surface area contributed by atoms with Crippen LogP contribution in [0.4, 0.5) is 13.2 Å². The minimum absolute atomic E-state index is 0.328. The highest BCUT2D eigenvalue weighted by molar-refractivity contribution is 7.90. The third kappa shape index (κ3) is 3.62. The maximum absolute atomic E-state index is 11.9. The zero-order chi connectivity index (χ0) is 12.5. The number of sulfonamides is 1. The van der Waals surface area contributed by atoms with Gasteiger partial charge < -0.3 is 5.11 Å². The second kappa shape index (κ2) is 4.26. The standard InChI is InChI=1S/C7H14F3NO3S/c1-4-6(2,3)5(12)11-15(13,14)7(8,9)10/h5,11-12H,4H2,1-3H3/t5-/m1/s1. The molecule has 0 fully saturated rings. The van der Waals surface area contributed by atoms with Gasteiger partial charge in [-0.05, 0) is 6.42 Å². The lowest BCUT2D eigenvalue weighted by molar-refractivity contribution is -0.0492. The molecule has 0 spiro atoms. The molecule has 0 aliphatic carbocycles. The summed E-state index contributed by atoms with van der Waals surface area (Å²) in [5.41, 5.74) is -6.36. The molecule has 0 aromatic carbocycles. The van der Waals surface area contributed by atoms with Gasteiger partial charge >= 0.3 is 15.5 Å². The Balaban J connectivity index is 4.78. The third-order valence-electron chi connectivity index (χ3n) is 2.22. The third-order valence-corrected chi connectivity index (χ3v) is 3.37. The van der Waals surface area contributed by atoms with Crippen LogP contribution in [0.3, 0.4) is 0 Å². The number of aliphatic hydroxyl groups excluding tert-OH is 1. The van der Waals surface area contributed by atoms with Gasteiger partial charge in [0.2, 0.25) is 0 Å². The highest BCUT2D eigenvalue weighted by Crippen LogP contribution is 2.27. The molecule has 1 atom stereocenters. The average molecular weight is 249 g/mol. The lowest BCUT2D eigenvalue weighted by atomic mass is 9.89. The van der Waals surface area contributed by atoms with Gasteiger partial charge in [0.25, 0.3) is 0 Å². The fourth-order valence-electron chi connectivity index (χ4n) is 0.567. The van der Waals surface area contributed by atoms with E-state index in [1.54, 1.807) is 6.92 Å². The normalized spacial score (nSPS) is 16.5. The molecule has 0 bridgehead atoms. The van der Waals surface area contributed by atoms with Crippen LogP contribution in [0.2, 0.25) is 0 Å². The summed E-state index contributed by atoms with van der Waals surface area (Å²) in [6.07, 6.45) is -1.44. The molecule has 0 saturated carbocycles. The number of rotatable bonds is 4. The van der Waals surface area contributed by atoms with Crippen LogP contribution in [0.5, 0.6) is 0 Å². The van der Waals surface area contributed by atoms with Gasteiger partial charge in [0.15, 0.2) is 0 Å². The molecule has 0 amide bonds. The van der Waals surface area contributed by atoms with Crippen LogP contribution in [0.25, 0.3) is 0 Å². The van der Waals surface area contributed by atoms with E-state index in [-0.39, 0.29) is 0 Å². The molecular weight excluding hydrogens is 235 g/mol. The first kappa shape index (κ1) is 14.7. The molecule has 4 nitrogen and oxygen atoms in total.